The van der Waals surface area contributed by atoms with Gasteiger partial charge in [-0.25, -0.2) is 4.79 Å². The van der Waals surface area contributed by atoms with Crippen LogP contribution in [0, 0.1) is 21.4 Å². The molecule has 35 heavy (non-hydrogen) atoms. The van der Waals surface area contributed by atoms with Crippen molar-refractivity contribution in [3.05, 3.63) is 69.8 Å². The maximum atomic E-state index is 11.6. The summed E-state index contributed by atoms with van der Waals surface area (Å²) in [6, 6.07) is 15.0. The minimum atomic E-state index is -0.780. The molecule has 0 spiro atoms. The summed E-state index contributed by atoms with van der Waals surface area (Å²) in [6.45, 7) is 7.11. The van der Waals surface area contributed by atoms with Gasteiger partial charge in [-0.3, -0.25) is 14.9 Å². The first-order chi connectivity index (χ1) is 16.5. The molecule has 2 amide bonds. The number of amides is 2. The molecule has 186 valence electrons. The van der Waals surface area contributed by atoms with Crippen LogP contribution in [0.15, 0.2) is 48.5 Å². The van der Waals surface area contributed by atoms with E-state index in [-0.39, 0.29) is 5.69 Å². The fraction of sp³-hybridized carbons (Fsp3) is 0.400. The number of nitrogens with one attached hydrogen (secondary N) is 1. The number of hydrogen-bond acceptors (Lipinski definition) is 7. The van der Waals surface area contributed by atoms with Crippen molar-refractivity contribution in [2.75, 3.05) is 18.0 Å². The topological polar surface area (TPSA) is 152 Å². The van der Waals surface area contributed by atoms with Crippen LogP contribution in [0.2, 0.25) is 0 Å². The molecule has 3 N–H and O–H groups in total. The number of carbonyl (C=O) groups excluding carboxylic acids is 2. The number of carbonyl (C=O) groups is 2. The number of anilines is 1. The molecule has 1 aliphatic heterocycles. The van der Waals surface area contributed by atoms with Gasteiger partial charge in [0.1, 0.15) is 17.7 Å². The molecule has 0 saturated carbocycles. The first kappa shape index (κ1) is 27.1. The molecule has 10 nitrogen and oxygen atoms in total. The quantitative estimate of drug-likeness (QED) is 0.471. The van der Waals surface area contributed by atoms with Crippen molar-refractivity contribution in [3.63, 3.8) is 0 Å². The van der Waals surface area contributed by atoms with Crippen molar-refractivity contribution in [2.45, 2.75) is 51.7 Å². The average Bonchev–Trinajstić information content (AvgIpc) is 3.32. The van der Waals surface area contributed by atoms with Crippen LogP contribution in [0.4, 0.5) is 16.2 Å². The Balaban J connectivity index is 0.000000250. The van der Waals surface area contributed by atoms with Crippen LogP contribution < -0.4 is 16.0 Å². The number of ether oxygens (including phenoxy) is 1. The van der Waals surface area contributed by atoms with Crippen molar-refractivity contribution in [3.8, 4) is 6.07 Å². The second-order valence-electron chi connectivity index (χ2n) is 9.06. The Morgan fingerprint density at radius 1 is 1.20 bits per heavy atom. The smallest absolute Gasteiger partial charge is 0.408 e. The molecule has 0 radical (unpaired) electrons. The van der Waals surface area contributed by atoms with Crippen molar-refractivity contribution in [1.29, 1.82) is 5.26 Å². The zero-order chi connectivity index (χ0) is 26.0. The van der Waals surface area contributed by atoms with E-state index in [4.69, 9.17) is 15.7 Å². The highest BCUT2D eigenvalue weighted by Crippen LogP contribution is 2.27. The van der Waals surface area contributed by atoms with Gasteiger partial charge in [0.05, 0.1) is 16.2 Å². The van der Waals surface area contributed by atoms with Gasteiger partial charge in [0, 0.05) is 31.6 Å². The number of nitrogens with zero attached hydrogens (tertiary/aromatic N) is 3. The van der Waals surface area contributed by atoms with Crippen molar-refractivity contribution < 1.29 is 19.2 Å². The lowest BCUT2D eigenvalue weighted by Crippen LogP contribution is -2.47. The summed E-state index contributed by atoms with van der Waals surface area (Å²) in [7, 11) is 0. The molecular formula is C25H31N5O5. The second-order valence-corrected chi connectivity index (χ2v) is 9.06. The van der Waals surface area contributed by atoms with E-state index in [0.717, 1.165) is 37.2 Å². The molecule has 10 heteroatoms. The van der Waals surface area contributed by atoms with E-state index in [1.807, 2.05) is 36.4 Å². The average molecular weight is 482 g/mol. The lowest BCUT2D eigenvalue weighted by atomic mass is 10.1. The Kier molecular flexibility index (Phi) is 9.58. The van der Waals surface area contributed by atoms with Crippen LogP contribution in [0.1, 0.15) is 44.7 Å². The maximum Gasteiger partial charge on any atom is 0.408 e. The van der Waals surface area contributed by atoms with Gasteiger partial charge in [0.15, 0.2) is 0 Å². The predicted octanol–water partition coefficient (Wildman–Crippen LogP) is 3.67. The van der Waals surface area contributed by atoms with Crippen LogP contribution in [0.25, 0.3) is 0 Å². The summed E-state index contributed by atoms with van der Waals surface area (Å²) in [6.07, 6.45) is 1.92. The molecule has 0 aliphatic carbocycles. The second kappa shape index (κ2) is 12.4. The molecule has 1 saturated heterocycles. The Bertz CT molecular complexity index is 1070. The Morgan fingerprint density at radius 2 is 1.83 bits per heavy atom. The third kappa shape index (κ3) is 8.97. The van der Waals surface area contributed by atoms with Gasteiger partial charge in [-0.2, -0.15) is 5.26 Å². The van der Waals surface area contributed by atoms with E-state index >= 15 is 0 Å². The van der Waals surface area contributed by atoms with Gasteiger partial charge in [-0.15, -0.1) is 0 Å². The standard InChI is InChI=1S/C14H20N2O3.C11H11N3O2/c1-14(2,3)19-13(18)16-11(12(15)17)9-10-7-5-4-6-8-10;12-8-9-7-10(14(15)16)3-4-11(9)13-5-1-2-6-13/h4-8,11H,9H2,1-3H3,(H2,15,17)(H,16,18);3-4,7H,1-2,5-6H2/t11-;/m0./s1. The summed E-state index contributed by atoms with van der Waals surface area (Å²) >= 11 is 0. The number of nitro benzene ring substituents is 1. The van der Waals surface area contributed by atoms with Gasteiger partial charge in [-0.05, 0) is 45.2 Å². The fourth-order valence-electron chi connectivity index (χ4n) is 3.48. The molecule has 0 unspecified atom stereocenters. The summed E-state index contributed by atoms with van der Waals surface area (Å²) in [4.78, 5) is 35.2. The lowest BCUT2D eigenvalue weighted by molar-refractivity contribution is -0.384. The Hall–Kier alpha value is -4.13. The molecule has 1 aliphatic rings. The van der Waals surface area contributed by atoms with Crippen LogP contribution in [-0.2, 0) is 16.0 Å². The molecule has 1 atom stereocenters. The predicted molar refractivity (Wildman–Crippen MR) is 132 cm³/mol. The van der Waals surface area contributed by atoms with Crippen molar-refractivity contribution in [2.24, 2.45) is 5.73 Å². The van der Waals surface area contributed by atoms with Crippen molar-refractivity contribution >= 4 is 23.4 Å². The van der Waals surface area contributed by atoms with E-state index in [1.165, 1.54) is 12.1 Å². The van der Waals surface area contributed by atoms with Crippen LogP contribution in [0.5, 0.6) is 0 Å². The Labute approximate surface area is 204 Å². The minimum absolute atomic E-state index is 0.0282. The number of primary amides is 1. The minimum Gasteiger partial charge on any atom is -0.444 e. The fourth-order valence-corrected chi connectivity index (χ4v) is 3.48. The third-order valence-corrected chi connectivity index (χ3v) is 5.08. The van der Waals surface area contributed by atoms with Gasteiger partial charge in [-0.1, -0.05) is 30.3 Å². The summed E-state index contributed by atoms with van der Waals surface area (Å²) in [5, 5.41) is 22.1. The molecule has 1 fully saturated rings. The van der Waals surface area contributed by atoms with Crippen LogP contribution >= 0.6 is 0 Å². The number of nitriles is 1. The van der Waals surface area contributed by atoms with E-state index in [1.54, 1.807) is 26.8 Å². The largest absolute Gasteiger partial charge is 0.444 e. The van der Waals surface area contributed by atoms with E-state index in [0.29, 0.717) is 12.0 Å². The van der Waals surface area contributed by atoms with Gasteiger partial charge >= 0.3 is 6.09 Å². The summed E-state index contributed by atoms with van der Waals surface area (Å²) < 4.78 is 5.10. The number of non-ortho nitro benzene ring substituents is 1. The van der Waals surface area contributed by atoms with Gasteiger partial charge in [0.2, 0.25) is 5.91 Å². The number of nitrogens with two attached hydrogens (primary N) is 1. The molecule has 3 rings (SSSR count). The molecule has 1 heterocycles. The van der Waals surface area contributed by atoms with Gasteiger partial charge in [0.25, 0.3) is 5.69 Å². The first-order valence-corrected chi connectivity index (χ1v) is 11.3. The number of hydrogen-bond donors (Lipinski definition) is 2. The molecule has 0 bridgehead atoms. The number of alkyl carbamates (subject to hydrolysis) is 1. The zero-order valence-electron chi connectivity index (χ0n) is 20.2. The van der Waals surface area contributed by atoms with Gasteiger partial charge < -0.3 is 20.7 Å². The molecule has 2 aromatic carbocycles. The number of nitro groups is 1. The number of rotatable bonds is 6. The van der Waals surface area contributed by atoms with E-state index in [9.17, 15) is 19.7 Å². The monoisotopic (exact) mass is 481 g/mol. The highest BCUT2D eigenvalue weighted by molar-refractivity contribution is 5.84. The SMILES string of the molecule is CC(C)(C)OC(=O)N[C@@H](Cc1ccccc1)C(N)=O.N#Cc1cc([N+](=O)[O-])ccc1N1CCCC1. The summed E-state index contributed by atoms with van der Waals surface area (Å²) in [5.74, 6) is -0.588. The van der Waals surface area contributed by atoms with Crippen LogP contribution in [-0.4, -0.2) is 41.7 Å². The first-order valence-electron chi connectivity index (χ1n) is 11.3. The van der Waals surface area contributed by atoms with Crippen molar-refractivity contribution in [1.82, 2.24) is 5.32 Å². The highest BCUT2D eigenvalue weighted by atomic mass is 16.6. The summed E-state index contributed by atoms with van der Waals surface area (Å²) in [5.41, 5.74) is 6.76. The third-order valence-electron chi connectivity index (χ3n) is 5.08. The molecule has 2 aromatic rings. The normalized spacial score (nSPS) is 13.6. The highest BCUT2D eigenvalue weighted by Gasteiger charge is 2.23. The molecule has 0 aromatic heterocycles. The van der Waals surface area contributed by atoms with E-state index < -0.39 is 28.6 Å². The lowest BCUT2D eigenvalue weighted by Gasteiger charge is -2.22. The zero-order valence-corrected chi connectivity index (χ0v) is 20.2. The van der Waals surface area contributed by atoms with Crippen LogP contribution in [0.3, 0.4) is 0 Å². The maximum absolute atomic E-state index is 11.6. The molecular weight excluding hydrogens is 450 g/mol. The van der Waals surface area contributed by atoms with E-state index in [2.05, 4.69) is 10.2 Å². The Morgan fingerprint density at radius 3 is 2.34 bits per heavy atom. The number of benzene rings is 2.